The largest absolute Gasteiger partial charge is 0.388 e. The van der Waals surface area contributed by atoms with Crippen LogP contribution in [0.1, 0.15) is 42.9 Å². The molecule has 1 aliphatic carbocycles. The number of rotatable bonds is 6. The molecule has 1 fully saturated rings. The normalized spacial score (nSPS) is 18.1. The van der Waals surface area contributed by atoms with Crippen molar-refractivity contribution in [3.05, 3.63) is 21.9 Å². The summed E-state index contributed by atoms with van der Waals surface area (Å²) in [4.78, 5) is 7.28. The van der Waals surface area contributed by atoms with Gasteiger partial charge in [-0.1, -0.05) is 0 Å². The van der Waals surface area contributed by atoms with E-state index in [0.29, 0.717) is 12.6 Å². The van der Waals surface area contributed by atoms with Crippen LogP contribution in [0.3, 0.4) is 0 Å². The van der Waals surface area contributed by atoms with Gasteiger partial charge in [0.25, 0.3) is 0 Å². The molecule has 1 aromatic rings. The van der Waals surface area contributed by atoms with Crippen molar-refractivity contribution >= 4 is 41.3 Å². The molecule has 2 rings (SSSR count). The highest BCUT2D eigenvalue weighted by Crippen LogP contribution is 2.31. The first kappa shape index (κ1) is 19.7. The molecular weight excluding hydrogens is 409 g/mol. The quantitative estimate of drug-likeness (QED) is 0.364. The van der Waals surface area contributed by atoms with Crippen LogP contribution in [-0.2, 0) is 6.42 Å². The van der Waals surface area contributed by atoms with E-state index in [0.717, 1.165) is 38.2 Å². The number of aliphatic hydroxyl groups is 1. The fraction of sp³-hybridized carbons (Fsp3) is 0.688. The molecule has 22 heavy (non-hydrogen) atoms. The molecule has 0 spiro atoms. The average Bonchev–Trinajstić information content (AvgIpc) is 2.79. The molecule has 126 valence electrons. The number of thiophene rings is 1. The van der Waals surface area contributed by atoms with Crippen molar-refractivity contribution in [1.82, 2.24) is 10.6 Å². The lowest BCUT2D eigenvalue weighted by Gasteiger charge is -2.35. The SMILES string of the molecule is CCNC(=NCC1(O)CCC1)NC(C)Cc1ccc(C)s1.I. The Morgan fingerprint density at radius 1 is 1.45 bits per heavy atom. The molecule has 0 amide bonds. The van der Waals surface area contributed by atoms with Gasteiger partial charge in [-0.25, -0.2) is 0 Å². The number of aliphatic imine (C=N–C) groups is 1. The Hall–Kier alpha value is -0.340. The zero-order chi connectivity index (χ0) is 15.3. The maximum Gasteiger partial charge on any atom is 0.191 e. The van der Waals surface area contributed by atoms with Gasteiger partial charge in [-0.05, 0) is 52.2 Å². The Labute approximate surface area is 154 Å². The van der Waals surface area contributed by atoms with Crippen molar-refractivity contribution in [3.8, 4) is 0 Å². The van der Waals surface area contributed by atoms with E-state index in [1.54, 1.807) is 0 Å². The molecule has 0 bridgehead atoms. The lowest BCUT2D eigenvalue weighted by molar-refractivity contribution is -0.0236. The van der Waals surface area contributed by atoms with Gasteiger partial charge in [0.05, 0.1) is 12.1 Å². The predicted molar refractivity (Wildman–Crippen MR) is 106 cm³/mol. The topological polar surface area (TPSA) is 56.7 Å². The van der Waals surface area contributed by atoms with Crippen LogP contribution in [0.15, 0.2) is 17.1 Å². The molecule has 0 aliphatic heterocycles. The van der Waals surface area contributed by atoms with Crippen molar-refractivity contribution in [3.63, 3.8) is 0 Å². The summed E-state index contributed by atoms with van der Waals surface area (Å²) in [5.41, 5.74) is -0.559. The highest BCUT2D eigenvalue weighted by molar-refractivity contribution is 14.0. The smallest absolute Gasteiger partial charge is 0.191 e. The molecule has 1 atom stereocenters. The van der Waals surface area contributed by atoms with Crippen LogP contribution in [-0.4, -0.2) is 35.8 Å². The molecule has 1 aliphatic rings. The van der Waals surface area contributed by atoms with E-state index in [1.165, 1.54) is 9.75 Å². The number of nitrogens with zero attached hydrogens (tertiary/aromatic N) is 1. The van der Waals surface area contributed by atoms with Crippen LogP contribution in [0, 0.1) is 6.92 Å². The van der Waals surface area contributed by atoms with E-state index in [1.807, 2.05) is 11.3 Å². The molecule has 3 N–H and O–H groups in total. The van der Waals surface area contributed by atoms with Crippen molar-refractivity contribution in [2.75, 3.05) is 13.1 Å². The van der Waals surface area contributed by atoms with Crippen LogP contribution in [0.2, 0.25) is 0 Å². The molecule has 0 saturated heterocycles. The molecule has 4 nitrogen and oxygen atoms in total. The lowest BCUT2D eigenvalue weighted by atomic mass is 9.80. The highest BCUT2D eigenvalue weighted by atomic mass is 127. The summed E-state index contributed by atoms with van der Waals surface area (Å²) in [6, 6.07) is 4.68. The number of hydrogen-bond donors (Lipinski definition) is 3. The van der Waals surface area contributed by atoms with Gasteiger partial charge in [0.15, 0.2) is 5.96 Å². The van der Waals surface area contributed by atoms with Gasteiger partial charge in [-0.3, -0.25) is 4.99 Å². The summed E-state index contributed by atoms with van der Waals surface area (Å²) < 4.78 is 0. The van der Waals surface area contributed by atoms with Gasteiger partial charge in [-0.2, -0.15) is 0 Å². The molecule has 1 saturated carbocycles. The highest BCUT2D eigenvalue weighted by Gasteiger charge is 2.34. The zero-order valence-corrected chi connectivity index (χ0v) is 16.8. The maximum absolute atomic E-state index is 10.1. The zero-order valence-electron chi connectivity index (χ0n) is 13.7. The van der Waals surface area contributed by atoms with Crippen LogP contribution < -0.4 is 10.6 Å². The number of nitrogens with one attached hydrogen (secondary N) is 2. The Bertz CT molecular complexity index is 485. The van der Waals surface area contributed by atoms with Gasteiger partial charge in [0.2, 0.25) is 0 Å². The molecule has 1 heterocycles. The molecule has 6 heteroatoms. The second kappa shape index (κ2) is 9.08. The van der Waals surface area contributed by atoms with E-state index in [2.05, 4.69) is 48.5 Å². The van der Waals surface area contributed by atoms with E-state index in [-0.39, 0.29) is 24.0 Å². The first-order chi connectivity index (χ1) is 10.0. The van der Waals surface area contributed by atoms with Crippen LogP contribution in [0.4, 0.5) is 0 Å². The van der Waals surface area contributed by atoms with Gasteiger partial charge in [0, 0.05) is 28.8 Å². The second-order valence-electron chi connectivity index (χ2n) is 6.03. The lowest BCUT2D eigenvalue weighted by Crippen LogP contribution is -2.45. The van der Waals surface area contributed by atoms with Gasteiger partial charge in [-0.15, -0.1) is 35.3 Å². The standard InChI is InChI=1S/C16H27N3OS.HI/c1-4-17-15(18-11-16(20)8-5-9-16)19-12(2)10-14-7-6-13(3)21-14;/h6-7,12,20H,4-5,8-11H2,1-3H3,(H2,17,18,19);1H. The Kier molecular flexibility index (Phi) is 8.13. The summed E-state index contributed by atoms with van der Waals surface area (Å²) in [5, 5.41) is 16.8. The van der Waals surface area contributed by atoms with E-state index in [9.17, 15) is 5.11 Å². The molecule has 1 unspecified atom stereocenters. The Morgan fingerprint density at radius 3 is 2.68 bits per heavy atom. The van der Waals surface area contributed by atoms with Gasteiger partial charge < -0.3 is 15.7 Å². The first-order valence-corrected chi connectivity index (χ1v) is 8.65. The van der Waals surface area contributed by atoms with E-state index < -0.39 is 5.60 Å². The monoisotopic (exact) mass is 437 g/mol. The van der Waals surface area contributed by atoms with Crippen LogP contribution in [0.25, 0.3) is 0 Å². The number of guanidine groups is 1. The molecule has 0 aromatic carbocycles. The van der Waals surface area contributed by atoms with Crippen molar-refractivity contribution in [2.45, 2.75) is 58.1 Å². The summed E-state index contributed by atoms with van der Waals surface area (Å²) >= 11 is 1.85. The first-order valence-electron chi connectivity index (χ1n) is 7.83. The van der Waals surface area contributed by atoms with Crippen LogP contribution >= 0.6 is 35.3 Å². The third-order valence-electron chi connectivity index (χ3n) is 3.85. The number of aryl methyl sites for hydroxylation is 1. The molecule has 1 aromatic heterocycles. The summed E-state index contributed by atoms with van der Waals surface area (Å²) in [6.45, 7) is 7.68. The van der Waals surface area contributed by atoms with Crippen molar-refractivity contribution < 1.29 is 5.11 Å². The fourth-order valence-corrected chi connectivity index (χ4v) is 3.49. The third-order valence-corrected chi connectivity index (χ3v) is 4.87. The molecular formula is C16H28IN3OS. The predicted octanol–water partition coefficient (Wildman–Crippen LogP) is 3.08. The summed E-state index contributed by atoms with van der Waals surface area (Å²) in [5.74, 6) is 0.804. The Morgan fingerprint density at radius 2 is 2.18 bits per heavy atom. The second-order valence-corrected chi connectivity index (χ2v) is 7.41. The minimum absolute atomic E-state index is 0. The Balaban J connectivity index is 0.00000242. The van der Waals surface area contributed by atoms with Gasteiger partial charge in [0.1, 0.15) is 0 Å². The van der Waals surface area contributed by atoms with Crippen molar-refractivity contribution in [2.24, 2.45) is 4.99 Å². The maximum atomic E-state index is 10.1. The third kappa shape index (κ3) is 6.04. The summed E-state index contributed by atoms with van der Waals surface area (Å²) in [7, 11) is 0. The summed E-state index contributed by atoms with van der Waals surface area (Å²) in [6.07, 6.45) is 3.86. The van der Waals surface area contributed by atoms with Crippen molar-refractivity contribution in [1.29, 1.82) is 0 Å². The van der Waals surface area contributed by atoms with E-state index >= 15 is 0 Å². The number of halogens is 1. The van der Waals surface area contributed by atoms with Crippen LogP contribution in [0.5, 0.6) is 0 Å². The molecule has 0 radical (unpaired) electrons. The minimum Gasteiger partial charge on any atom is -0.388 e. The fourth-order valence-electron chi connectivity index (χ4n) is 2.47. The number of hydrogen-bond acceptors (Lipinski definition) is 3. The van der Waals surface area contributed by atoms with Gasteiger partial charge >= 0.3 is 0 Å². The minimum atomic E-state index is -0.559. The van der Waals surface area contributed by atoms with E-state index in [4.69, 9.17) is 0 Å². The average molecular weight is 437 g/mol.